The fourth-order valence-electron chi connectivity index (χ4n) is 3.25. The summed E-state index contributed by atoms with van der Waals surface area (Å²) in [6, 6.07) is 18.1. The highest BCUT2D eigenvalue weighted by molar-refractivity contribution is 7.92. The molecule has 0 aliphatic heterocycles. The molecule has 3 atom stereocenters. The molecule has 0 heterocycles. The van der Waals surface area contributed by atoms with E-state index in [-0.39, 0.29) is 24.7 Å². The number of benzene rings is 2. The molecule has 0 aromatic heterocycles. The molecule has 2 aromatic carbocycles. The van der Waals surface area contributed by atoms with Crippen molar-refractivity contribution in [2.45, 2.75) is 24.1 Å². The minimum atomic E-state index is -3.72. The van der Waals surface area contributed by atoms with Crippen molar-refractivity contribution in [3.63, 3.8) is 0 Å². The van der Waals surface area contributed by atoms with Gasteiger partial charge in [0.25, 0.3) is 0 Å². The lowest BCUT2D eigenvalue weighted by atomic mass is 10.1. The predicted octanol–water partition coefficient (Wildman–Crippen LogP) is 3.18. The number of rotatable bonds is 10. The van der Waals surface area contributed by atoms with Crippen LogP contribution in [0.5, 0.6) is 0 Å². The molecule has 2 aromatic rings. The maximum absolute atomic E-state index is 14.0. The van der Waals surface area contributed by atoms with Crippen molar-refractivity contribution in [1.29, 1.82) is 0 Å². The lowest BCUT2D eigenvalue weighted by Gasteiger charge is -2.32. The van der Waals surface area contributed by atoms with Crippen LogP contribution in [0, 0.1) is 0 Å². The third kappa shape index (κ3) is 6.04. The van der Waals surface area contributed by atoms with E-state index < -0.39 is 28.1 Å². The molecule has 0 bridgehead atoms. The number of hydrogen-bond donors (Lipinski definition) is 2. The molecule has 0 spiro atoms. The first-order valence-electron chi connectivity index (χ1n) is 10.2. The lowest BCUT2D eigenvalue weighted by molar-refractivity contribution is 0.133. The van der Waals surface area contributed by atoms with Gasteiger partial charge < -0.3 is 20.7 Å². The summed E-state index contributed by atoms with van der Waals surface area (Å²) in [6.45, 7) is 0.584. The Bertz CT molecular complexity index is 1120. The molecule has 0 amide bonds. The molecule has 7 nitrogen and oxygen atoms in total. The zero-order valence-electron chi connectivity index (χ0n) is 18.0. The second-order valence-electron chi connectivity index (χ2n) is 7.77. The Kier molecular flexibility index (Phi) is 7.88. The number of hydrogen-bond acceptors (Lipinski definition) is 7. The number of ether oxygens (including phenoxy) is 1. The quantitative estimate of drug-likeness (QED) is 0.307. The van der Waals surface area contributed by atoms with Crippen molar-refractivity contribution in [3.05, 3.63) is 95.3 Å². The highest BCUT2D eigenvalue weighted by Crippen LogP contribution is 2.58. The molecule has 0 saturated carbocycles. The van der Waals surface area contributed by atoms with Crippen LogP contribution in [-0.4, -0.2) is 38.4 Å². The van der Waals surface area contributed by atoms with E-state index in [0.717, 1.165) is 17.4 Å². The van der Waals surface area contributed by atoms with Gasteiger partial charge in [0.1, 0.15) is 0 Å². The lowest BCUT2D eigenvalue weighted by Crippen LogP contribution is -2.47. The Morgan fingerprint density at radius 2 is 1.56 bits per heavy atom. The van der Waals surface area contributed by atoms with Gasteiger partial charge in [-0.05, 0) is 23.3 Å². The van der Waals surface area contributed by atoms with E-state index >= 15 is 0 Å². The first-order valence-corrected chi connectivity index (χ1v) is 13.9. The van der Waals surface area contributed by atoms with Crippen LogP contribution in [-0.2, 0) is 36.9 Å². The van der Waals surface area contributed by atoms with Crippen molar-refractivity contribution >= 4 is 17.2 Å². The second kappa shape index (κ2) is 10.3. The van der Waals surface area contributed by atoms with E-state index in [1.165, 1.54) is 18.2 Å². The normalized spacial score (nSPS) is 22.8. The molecule has 3 unspecified atom stereocenters. The maximum atomic E-state index is 14.0. The first kappa shape index (κ1) is 24.6. The van der Waals surface area contributed by atoms with Crippen LogP contribution in [0.4, 0.5) is 0 Å². The van der Waals surface area contributed by atoms with Gasteiger partial charge in [-0.25, -0.2) is 8.42 Å². The number of nitrogens with two attached hydrogens (primary N) is 2. The summed E-state index contributed by atoms with van der Waals surface area (Å²) in [5.41, 5.74) is 14.1. The van der Waals surface area contributed by atoms with Crippen molar-refractivity contribution in [2.24, 2.45) is 11.5 Å². The summed E-state index contributed by atoms with van der Waals surface area (Å²) in [5, 5.41) is 0.187. The van der Waals surface area contributed by atoms with Crippen molar-refractivity contribution in [2.75, 3.05) is 19.0 Å². The van der Waals surface area contributed by atoms with Crippen LogP contribution in [0.25, 0.3) is 0 Å². The average molecular weight is 477 g/mol. The minimum absolute atomic E-state index is 0.0415. The molecular formula is C23H29N2O5PS. The van der Waals surface area contributed by atoms with Gasteiger partial charge in [0, 0.05) is 11.6 Å². The Morgan fingerprint density at radius 1 is 1.00 bits per heavy atom. The van der Waals surface area contributed by atoms with E-state index in [4.69, 9.17) is 20.7 Å². The van der Waals surface area contributed by atoms with Crippen LogP contribution in [0.3, 0.4) is 0 Å². The standard InChI is InChI=1S/C23H29N2O5PS/c1-32(27,28)23(25)13-12-21(24)22(16-23)31(26,30-18-20-10-6-3-7-11-20)15-14-29-17-19-8-4-2-5-9-19/h2-13,16,21H,14-15,17-18,24-25H2,1H3. The van der Waals surface area contributed by atoms with Gasteiger partial charge in [0.2, 0.25) is 7.37 Å². The Labute approximate surface area is 189 Å². The molecular weight excluding hydrogens is 447 g/mol. The largest absolute Gasteiger partial charge is 0.376 e. The summed E-state index contributed by atoms with van der Waals surface area (Å²) in [6.07, 6.45) is 5.13. The molecule has 0 radical (unpaired) electrons. The molecule has 0 fully saturated rings. The summed E-state index contributed by atoms with van der Waals surface area (Å²) < 4.78 is 50.2. The van der Waals surface area contributed by atoms with Crippen LogP contribution >= 0.6 is 7.37 Å². The summed E-state index contributed by atoms with van der Waals surface area (Å²) in [5.74, 6) is 0. The third-order valence-corrected chi connectivity index (χ3v) is 9.31. The van der Waals surface area contributed by atoms with E-state index in [1.807, 2.05) is 60.7 Å². The predicted molar refractivity (Wildman–Crippen MR) is 127 cm³/mol. The maximum Gasteiger partial charge on any atom is 0.232 e. The Hall–Kier alpha value is -2.06. The molecule has 1 aliphatic carbocycles. The molecule has 0 saturated heterocycles. The first-order chi connectivity index (χ1) is 15.1. The third-order valence-electron chi connectivity index (χ3n) is 5.24. The molecule has 4 N–H and O–H groups in total. The zero-order valence-corrected chi connectivity index (χ0v) is 19.7. The Balaban J connectivity index is 1.82. The van der Waals surface area contributed by atoms with Gasteiger partial charge in [-0.3, -0.25) is 4.57 Å². The van der Waals surface area contributed by atoms with Gasteiger partial charge >= 0.3 is 0 Å². The zero-order chi connectivity index (χ0) is 23.2. The van der Waals surface area contributed by atoms with E-state index in [2.05, 4.69) is 0 Å². The van der Waals surface area contributed by atoms with Crippen LogP contribution < -0.4 is 11.5 Å². The van der Waals surface area contributed by atoms with E-state index in [1.54, 1.807) is 0 Å². The smallest absolute Gasteiger partial charge is 0.232 e. The summed E-state index contributed by atoms with van der Waals surface area (Å²) in [4.78, 5) is -1.80. The van der Waals surface area contributed by atoms with E-state index in [9.17, 15) is 13.0 Å². The molecule has 32 heavy (non-hydrogen) atoms. The fourth-order valence-corrected chi connectivity index (χ4v) is 6.22. The van der Waals surface area contributed by atoms with Gasteiger partial charge in [0.15, 0.2) is 14.7 Å². The summed E-state index contributed by atoms with van der Waals surface area (Å²) in [7, 11) is -7.29. The number of sulfone groups is 1. The molecule has 1 aliphatic rings. The van der Waals surface area contributed by atoms with Gasteiger partial charge in [-0.15, -0.1) is 0 Å². The van der Waals surface area contributed by atoms with Crippen LogP contribution in [0.15, 0.2) is 84.2 Å². The Morgan fingerprint density at radius 3 is 2.12 bits per heavy atom. The SMILES string of the molecule is CS(=O)(=O)C1(N)C=CC(N)C(P(=O)(CCOCc2ccccc2)OCc2ccccc2)=C1. The van der Waals surface area contributed by atoms with Gasteiger partial charge in [-0.1, -0.05) is 66.7 Å². The van der Waals surface area contributed by atoms with Crippen LogP contribution in [0.1, 0.15) is 11.1 Å². The molecule has 9 heteroatoms. The monoisotopic (exact) mass is 476 g/mol. The highest BCUT2D eigenvalue weighted by Gasteiger charge is 2.41. The van der Waals surface area contributed by atoms with Crippen molar-refractivity contribution in [1.82, 2.24) is 0 Å². The fraction of sp³-hybridized carbons (Fsp3) is 0.304. The topological polar surface area (TPSA) is 122 Å². The minimum Gasteiger partial charge on any atom is -0.376 e. The second-order valence-corrected chi connectivity index (χ2v) is 12.6. The van der Waals surface area contributed by atoms with E-state index in [0.29, 0.717) is 6.61 Å². The average Bonchev–Trinajstić information content (AvgIpc) is 2.78. The highest BCUT2D eigenvalue weighted by atomic mass is 32.2. The molecule has 3 rings (SSSR count). The van der Waals surface area contributed by atoms with Crippen molar-refractivity contribution < 1.29 is 22.2 Å². The van der Waals surface area contributed by atoms with Crippen LogP contribution in [0.2, 0.25) is 0 Å². The molecule has 172 valence electrons. The van der Waals surface area contributed by atoms with Gasteiger partial charge in [-0.2, -0.15) is 0 Å². The van der Waals surface area contributed by atoms with Gasteiger partial charge in [0.05, 0.1) is 32.0 Å². The van der Waals surface area contributed by atoms with Crippen molar-refractivity contribution in [3.8, 4) is 0 Å². The summed E-state index contributed by atoms with van der Waals surface area (Å²) >= 11 is 0.